The number of urea groups is 1. The molecular weight excluding hydrogens is 294 g/mol. The van der Waals surface area contributed by atoms with Crippen molar-refractivity contribution in [2.24, 2.45) is 0 Å². The summed E-state index contributed by atoms with van der Waals surface area (Å²) >= 11 is 0. The molecule has 0 atom stereocenters. The molecule has 0 aromatic heterocycles. The first-order valence-electron chi connectivity index (χ1n) is 8.15. The third kappa shape index (κ3) is 6.18. The van der Waals surface area contributed by atoms with Crippen LogP contribution in [0.1, 0.15) is 38.5 Å². The third-order valence-corrected chi connectivity index (χ3v) is 3.93. The molecule has 1 aromatic rings. The minimum atomic E-state index is -0.189. The number of carbonyl (C=O) groups is 2. The van der Waals surface area contributed by atoms with Gasteiger partial charge in [-0.25, -0.2) is 4.79 Å². The lowest BCUT2D eigenvalue weighted by Gasteiger charge is -2.22. The first kappa shape index (κ1) is 17.1. The van der Waals surface area contributed by atoms with Crippen LogP contribution in [0.25, 0.3) is 0 Å². The zero-order valence-corrected chi connectivity index (χ0v) is 13.6. The summed E-state index contributed by atoms with van der Waals surface area (Å²) in [5.41, 5.74) is 0.681. The summed E-state index contributed by atoms with van der Waals surface area (Å²) in [4.78, 5) is 23.6. The van der Waals surface area contributed by atoms with Crippen LogP contribution in [0.2, 0.25) is 0 Å². The molecule has 6 nitrogen and oxygen atoms in total. The number of rotatable bonds is 6. The van der Waals surface area contributed by atoms with Crippen molar-refractivity contribution in [3.63, 3.8) is 0 Å². The maximum Gasteiger partial charge on any atom is 0.315 e. The second-order valence-electron chi connectivity index (χ2n) is 5.77. The van der Waals surface area contributed by atoms with Gasteiger partial charge in [-0.15, -0.1) is 0 Å². The Balaban J connectivity index is 1.64. The summed E-state index contributed by atoms with van der Waals surface area (Å²) in [5, 5.41) is 8.47. The molecule has 3 amide bonds. The van der Waals surface area contributed by atoms with Crippen LogP contribution in [-0.2, 0) is 4.79 Å². The van der Waals surface area contributed by atoms with Gasteiger partial charge >= 0.3 is 6.03 Å². The van der Waals surface area contributed by atoms with Gasteiger partial charge in [0, 0.05) is 30.8 Å². The Morgan fingerprint density at radius 3 is 2.74 bits per heavy atom. The summed E-state index contributed by atoms with van der Waals surface area (Å²) in [6, 6.07) is 7.25. The quantitative estimate of drug-likeness (QED) is 0.754. The molecule has 0 radical (unpaired) electrons. The summed E-state index contributed by atoms with van der Waals surface area (Å²) in [5.74, 6) is 0.545. The topological polar surface area (TPSA) is 79.5 Å². The molecule has 23 heavy (non-hydrogen) atoms. The second kappa shape index (κ2) is 9.02. The average molecular weight is 319 g/mol. The highest BCUT2D eigenvalue weighted by atomic mass is 16.5. The molecule has 1 aromatic carbocycles. The van der Waals surface area contributed by atoms with E-state index >= 15 is 0 Å². The molecule has 0 heterocycles. The molecular formula is C17H25N3O3. The molecule has 3 N–H and O–H groups in total. The molecule has 2 rings (SSSR count). The fourth-order valence-electron chi connectivity index (χ4n) is 2.70. The first-order chi connectivity index (χ1) is 11.2. The van der Waals surface area contributed by atoms with Gasteiger partial charge in [0.15, 0.2) is 0 Å². The Kier molecular flexibility index (Phi) is 6.72. The van der Waals surface area contributed by atoms with Crippen LogP contribution in [0.4, 0.5) is 10.5 Å². The average Bonchev–Trinajstić information content (AvgIpc) is 2.56. The molecule has 0 bridgehead atoms. The number of hydrogen-bond donors (Lipinski definition) is 3. The van der Waals surface area contributed by atoms with Crippen molar-refractivity contribution in [2.75, 3.05) is 19.0 Å². The predicted molar refractivity (Wildman–Crippen MR) is 89.6 cm³/mol. The van der Waals surface area contributed by atoms with E-state index in [1.54, 1.807) is 19.2 Å². The summed E-state index contributed by atoms with van der Waals surface area (Å²) in [6.07, 6.45) is 5.93. The highest BCUT2D eigenvalue weighted by Gasteiger charge is 2.15. The van der Waals surface area contributed by atoms with Gasteiger partial charge < -0.3 is 20.7 Å². The largest absolute Gasteiger partial charge is 0.497 e. The summed E-state index contributed by atoms with van der Waals surface area (Å²) < 4.78 is 5.10. The van der Waals surface area contributed by atoms with Crippen LogP contribution < -0.4 is 20.7 Å². The zero-order chi connectivity index (χ0) is 16.5. The van der Waals surface area contributed by atoms with Crippen molar-refractivity contribution in [2.45, 2.75) is 44.6 Å². The zero-order valence-electron chi connectivity index (χ0n) is 13.6. The van der Waals surface area contributed by atoms with E-state index in [9.17, 15) is 9.59 Å². The number of methoxy groups -OCH3 is 1. The molecule has 6 heteroatoms. The minimum absolute atomic E-state index is 0.142. The van der Waals surface area contributed by atoms with E-state index in [2.05, 4.69) is 16.0 Å². The van der Waals surface area contributed by atoms with Crippen LogP contribution >= 0.6 is 0 Å². The molecule has 1 aliphatic rings. The standard InChI is InChI=1S/C17H25N3O3/c1-23-15-9-5-8-14(12-15)19-16(21)10-11-18-17(22)20-13-6-3-2-4-7-13/h5,8-9,12-13H,2-4,6-7,10-11H2,1H3,(H,19,21)(H2,18,20,22). The number of nitrogens with one attached hydrogen (secondary N) is 3. The van der Waals surface area contributed by atoms with Gasteiger partial charge in [0.25, 0.3) is 0 Å². The van der Waals surface area contributed by atoms with Gasteiger partial charge in [0.1, 0.15) is 5.75 Å². The lowest BCUT2D eigenvalue weighted by atomic mass is 9.96. The Bertz CT molecular complexity index is 528. The van der Waals surface area contributed by atoms with Gasteiger partial charge in [0.05, 0.1) is 7.11 Å². The monoisotopic (exact) mass is 319 g/mol. The Labute approximate surface area is 137 Å². The number of hydrogen-bond acceptors (Lipinski definition) is 3. The SMILES string of the molecule is COc1cccc(NC(=O)CCNC(=O)NC2CCCCC2)c1. The van der Waals surface area contributed by atoms with E-state index in [1.165, 1.54) is 19.3 Å². The predicted octanol–water partition coefficient (Wildman–Crippen LogP) is 2.66. The van der Waals surface area contributed by atoms with Gasteiger partial charge in [-0.2, -0.15) is 0 Å². The minimum Gasteiger partial charge on any atom is -0.497 e. The van der Waals surface area contributed by atoms with E-state index in [0.29, 0.717) is 18.0 Å². The van der Waals surface area contributed by atoms with E-state index in [4.69, 9.17) is 4.74 Å². The summed E-state index contributed by atoms with van der Waals surface area (Å²) in [6.45, 7) is 0.314. The summed E-state index contributed by atoms with van der Waals surface area (Å²) in [7, 11) is 1.58. The maximum atomic E-state index is 11.9. The number of benzene rings is 1. The van der Waals surface area contributed by atoms with Crippen molar-refractivity contribution in [1.29, 1.82) is 0 Å². The van der Waals surface area contributed by atoms with E-state index < -0.39 is 0 Å². The molecule has 0 aliphatic heterocycles. The smallest absolute Gasteiger partial charge is 0.315 e. The second-order valence-corrected chi connectivity index (χ2v) is 5.77. The number of carbonyl (C=O) groups excluding carboxylic acids is 2. The van der Waals surface area contributed by atoms with Gasteiger partial charge in [-0.1, -0.05) is 25.3 Å². The maximum absolute atomic E-state index is 11.9. The number of amides is 3. The Hall–Kier alpha value is -2.24. The molecule has 126 valence electrons. The molecule has 0 unspecified atom stereocenters. The van der Waals surface area contributed by atoms with Gasteiger partial charge in [0.2, 0.25) is 5.91 Å². The van der Waals surface area contributed by atoms with Crippen LogP contribution in [0.3, 0.4) is 0 Å². The van der Waals surface area contributed by atoms with E-state index in [0.717, 1.165) is 12.8 Å². The fourth-order valence-corrected chi connectivity index (χ4v) is 2.70. The Morgan fingerprint density at radius 2 is 2.00 bits per heavy atom. The highest BCUT2D eigenvalue weighted by molar-refractivity contribution is 5.91. The van der Waals surface area contributed by atoms with Gasteiger partial charge in [-0.3, -0.25) is 4.79 Å². The Morgan fingerprint density at radius 1 is 1.22 bits per heavy atom. The fraction of sp³-hybridized carbons (Fsp3) is 0.529. The van der Waals surface area contributed by atoms with Crippen LogP contribution in [0.15, 0.2) is 24.3 Å². The lowest BCUT2D eigenvalue weighted by molar-refractivity contribution is -0.116. The van der Waals surface area contributed by atoms with Crippen molar-refractivity contribution < 1.29 is 14.3 Å². The molecule has 1 aliphatic carbocycles. The molecule has 0 spiro atoms. The van der Waals surface area contributed by atoms with Crippen molar-refractivity contribution >= 4 is 17.6 Å². The number of ether oxygens (including phenoxy) is 1. The van der Waals surface area contributed by atoms with E-state index in [-0.39, 0.29) is 24.4 Å². The van der Waals surface area contributed by atoms with Gasteiger partial charge in [-0.05, 0) is 25.0 Å². The first-order valence-corrected chi connectivity index (χ1v) is 8.15. The molecule has 0 saturated heterocycles. The van der Waals surface area contributed by atoms with Crippen molar-refractivity contribution in [3.05, 3.63) is 24.3 Å². The van der Waals surface area contributed by atoms with Crippen LogP contribution in [0.5, 0.6) is 5.75 Å². The van der Waals surface area contributed by atoms with Crippen LogP contribution in [-0.4, -0.2) is 31.6 Å². The third-order valence-electron chi connectivity index (χ3n) is 3.93. The van der Waals surface area contributed by atoms with E-state index in [1.807, 2.05) is 12.1 Å². The number of anilines is 1. The van der Waals surface area contributed by atoms with Crippen molar-refractivity contribution in [1.82, 2.24) is 10.6 Å². The molecule has 1 saturated carbocycles. The van der Waals surface area contributed by atoms with Crippen molar-refractivity contribution in [3.8, 4) is 5.75 Å². The lowest BCUT2D eigenvalue weighted by Crippen LogP contribution is -2.43. The molecule has 1 fully saturated rings. The van der Waals surface area contributed by atoms with Crippen LogP contribution in [0, 0.1) is 0 Å². The highest BCUT2D eigenvalue weighted by Crippen LogP contribution is 2.17. The normalized spacial score (nSPS) is 14.8.